The van der Waals surface area contributed by atoms with E-state index in [4.69, 9.17) is 4.74 Å². The van der Waals surface area contributed by atoms with Crippen molar-refractivity contribution in [1.29, 1.82) is 0 Å². The summed E-state index contributed by atoms with van der Waals surface area (Å²) in [6, 6.07) is 0. The molecule has 0 fully saturated rings. The molecule has 0 heterocycles. The van der Waals surface area contributed by atoms with Gasteiger partial charge in [-0.05, 0) is 127 Å². The van der Waals surface area contributed by atoms with Crippen molar-refractivity contribution in [3.8, 4) is 5.75 Å². The predicted molar refractivity (Wildman–Crippen MR) is 106 cm³/mol. The molecule has 84 valence electrons. The van der Waals surface area contributed by atoms with Crippen LogP contribution in [0.1, 0.15) is 13.8 Å². The summed E-state index contributed by atoms with van der Waals surface area (Å²) in [7, 11) is 0. The van der Waals surface area contributed by atoms with E-state index in [0.717, 1.165) is 5.75 Å². The zero-order chi connectivity index (χ0) is 11.7. The molecule has 1 aromatic carbocycles. The van der Waals surface area contributed by atoms with Crippen molar-refractivity contribution < 1.29 is 4.74 Å². The summed E-state index contributed by atoms with van der Waals surface area (Å²) < 4.78 is 12.2. The third-order valence-corrected chi connectivity index (χ3v) is 10.9. The predicted octanol–water partition coefficient (Wildman–Crippen LogP) is 5.50. The highest BCUT2D eigenvalue weighted by atomic mass is 127. The van der Waals surface area contributed by atoms with Gasteiger partial charge < -0.3 is 4.74 Å². The number of rotatable bonds is 2. The Morgan fingerprint density at radius 1 is 0.733 bits per heavy atom. The van der Waals surface area contributed by atoms with Crippen molar-refractivity contribution in [2.75, 3.05) is 0 Å². The van der Waals surface area contributed by atoms with Crippen LogP contribution in [-0.2, 0) is 0 Å². The molecule has 1 rings (SSSR count). The van der Waals surface area contributed by atoms with Gasteiger partial charge in [0.2, 0.25) is 0 Å². The maximum atomic E-state index is 5.86. The quantitative estimate of drug-likeness (QED) is 0.220. The van der Waals surface area contributed by atoms with E-state index in [1.54, 1.807) is 0 Å². The van der Waals surface area contributed by atoms with Crippen LogP contribution < -0.4 is 4.74 Å². The van der Waals surface area contributed by atoms with Gasteiger partial charge in [0, 0.05) is 10.7 Å². The Labute approximate surface area is 158 Å². The van der Waals surface area contributed by atoms with Crippen LogP contribution in [0.2, 0.25) is 0 Å². The highest BCUT2D eigenvalue weighted by Crippen LogP contribution is 2.38. The van der Waals surface area contributed by atoms with Gasteiger partial charge in [-0.15, -0.1) is 0 Å². The highest BCUT2D eigenvalue weighted by molar-refractivity contribution is 14.1. The first-order valence-corrected chi connectivity index (χ1v) is 9.43. The van der Waals surface area contributed by atoms with E-state index in [1.807, 2.05) is 0 Å². The Balaban J connectivity index is 3.39. The van der Waals surface area contributed by atoms with Gasteiger partial charge in [0.25, 0.3) is 0 Å². The summed E-state index contributed by atoms with van der Waals surface area (Å²) in [4.78, 5) is 0. The number of hydrogen-bond acceptors (Lipinski definition) is 1. The largest absolute Gasteiger partial charge is 0.489 e. The summed E-state index contributed by atoms with van der Waals surface area (Å²) in [5.41, 5.74) is 0. The number of benzene rings is 1. The molecule has 0 aliphatic heterocycles. The van der Waals surface area contributed by atoms with Crippen LogP contribution in [0.25, 0.3) is 0 Å². The molecule has 0 unspecified atom stereocenters. The van der Waals surface area contributed by atoms with Crippen molar-refractivity contribution in [3.63, 3.8) is 0 Å². The number of ether oxygens (including phenoxy) is 1. The van der Waals surface area contributed by atoms with Crippen molar-refractivity contribution in [1.82, 2.24) is 0 Å². The maximum Gasteiger partial charge on any atom is 0.148 e. The molecule has 0 aliphatic rings. The Hall–Kier alpha value is 2.67. The van der Waals surface area contributed by atoms with Crippen LogP contribution in [-0.4, -0.2) is 6.10 Å². The van der Waals surface area contributed by atoms with E-state index in [1.165, 1.54) is 17.9 Å². The van der Waals surface area contributed by atoms with Gasteiger partial charge >= 0.3 is 0 Å². The molecule has 0 radical (unpaired) electrons. The highest BCUT2D eigenvalue weighted by Gasteiger charge is 2.18. The standard InChI is InChI=1S/C9H7I5O/c1-3(2)15-9-7(13)5(11)4(10)6(12)8(9)14/h3H,1-2H3. The minimum absolute atomic E-state index is 0.221. The Bertz CT molecular complexity index is 360. The van der Waals surface area contributed by atoms with Gasteiger partial charge in [0.1, 0.15) is 5.75 Å². The second kappa shape index (κ2) is 6.73. The molecule has 15 heavy (non-hydrogen) atoms. The van der Waals surface area contributed by atoms with Gasteiger partial charge in [0.15, 0.2) is 0 Å². The lowest BCUT2D eigenvalue weighted by Crippen LogP contribution is -2.10. The second-order valence-corrected chi connectivity index (χ2v) is 8.46. The lowest BCUT2D eigenvalue weighted by atomic mass is 10.3. The number of hydrogen-bond donors (Lipinski definition) is 0. The fourth-order valence-electron chi connectivity index (χ4n) is 0.924. The van der Waals surface area contributed by atoms with Gasteiger partial charge in [-0.25, -0.2) is 0 Å². The van der Waals surface area contributed by atoms with E-state index in [-0.39, 0.29) is 6.10 Å². The molecule has 0 N–H and O–H groups in total. The Morgan fingerprint density at radius 2 is 1.07 bits per heavy atom. The van der Waals surface area contributed by atoms with Crippen LogP contribution in [0.3, 0.4) is 0 Å². The molecule has 0 aliphatic carbocycles. The third-order valence-electron chi connectivity index (χ3n) is 1.52. The lowest BCUT2D eigenvalue weighted by Gasteiger charge is -2.17. The van der Waals surface area contributed by atoms with E-state index >= 15 is 0 Å². The average molecular weight is 766 g/mol. The van der Waals surface area contributed by atoms with Gasteiger partial charge in [-0.3, -0.25) is 0 Å². The van der Waals surface area contributed by atoms with Crippen molar-refractivity contribution in [3.05, 3.63) is 17.9 Å². The summed E-state index contributed by atoms with van der Waals surface area (Å²) in [6.07, 6.45) is 0.221. The van der Waals surface area contributed by atoms with Gasteiger partial charge in [-0.1, -0.05) is 0 Å². The van der Waals surface area contributed by atoms with Gasteiger partial charge in [0.05, 0.1) is 13.2 Å². The first-order valence-electron chi connectivity index (χ1n) is 4.04. The summed E-state index contributed by atoms with van der Waals surface area (Å²) in [6.45, 7) is 4.12. The van der Waals surface area contributed by atoms with Crippen LogP contribution in [0.15, 0.2) is 0 Å². The topological polar surface area (TPSA) is 9.23 Å². The normalized spacial score (nSPS) is 10.9. The zero-order valence-electron chi connectivity index (χ0n) is 7.88. The zero-order valence-corrected chi connectivity index (χ0v) is 18.7. The van der Waals surface area contributed by atoms with E-state index in [2.05, 4.69) is 127 Å². The molecule has 0 aromatic heterocycles. The van der Waals surface area contributed by atoms with Crippen LogP contribution in [0, 0.1) is 17.9 Å². The second-order valence-electron chi connectivity index (χ2n) is 3.07. The molecule has 0 amide bonds. The van der Waals surface area contributed by atoms with Crippen molar-refractivity contribution in [2.24, 2.45) is 0 Å². The fraction of sp³-hybridized carbons (Fsp3) is 0.333. The molecular weight excluding hydrogens is 759 g/mol. The molecular formula is C9H7I5O. The van der Waals surface area contributed by atoms with Crippen LogP contribution in [0.4, 0.5) is 0 Å². The van der Waals surface area contributed by atoms with Gasteiger partial charge in [-0.2, -0.15) is 0 Å². The number of halogens is 5. The van der Waals surface area contributed by atoms with E-state index in [9.17, 15) is 0 Å². The summed E-state index contributed by atoms with van der Waals surface area (Å²) in [5, 5.41) is 0. The first kappa shape index (κ1) is 15.7. The third kappa shape index (κ3) is 3.81. The molecule has 0 bridgehead atoms. The maximum absolute atomic E-state index is 5.86. The van der Waals surface area contributed by atoms with E-state index in [0.29, 0.717) is 0 Å². The van der Waals surface area contributed by atoms with Crippen LogP contribution in [0.5, 0.6) is 5.75 Å². The average Bonchev–Trinajstić information content (AvgIpc) is 2.18. The fourth-order valence-corrected chi connectivity index (χ4v) is 5.89. The lowest BCUT2D eigenvalue weighted by molar-refractivity contribution is 0.238. The molecule has 0 spiro atoms. The molecule has 0 saturated carbocycles. The first-order chi connectivity index (χ1) is 6.86. The molecule has 0 atom stereocenters. The Morgan fingerprint density at radius 3 is 1.40 bits per heavy atom. The molecule has 1 aromatic rings. The van der Waals surface area contributed by atoms with Crippen molar-refractivity contribution >= 4 is 113 Å². The summed E-state index contributed by atoms with van der Waals surface area (Å²) in [5.74, 6) is 1.03. The minimum atomic E-state index is 0.221. The molecule has 0 saturated heterocycles. The molecule has 1 nitrogen and oxygen atoms in total. The SMILES string of the molecule is CC(C)Oc1c(I)c(I)c(I)c(I)c1I. The van der Waals surface area contributed by atoms with E-state index < -0.39 is 0 Å². The Kier molecular flexibility index (Phi) is 7.05. The smallest absolute Gasteiger partial charge is 0.148 e. The minimum Gasteiger partial charge on any atom is -0.489 e. The van der Waals surface area contributed by atoms with Crippen molar-refractivity contribution in [2.45, 2.75) is 20.0 Å². The molecule has 6 heteroatoms. The van der Waals surface area contributed by atoms with Crippen LogP contribution >= 0.6 is 113 Å². The summed E-state index contributed by atoms with van der Waals surface area (Å²) >= 11 is 11.9. The monoisotopic (exact) mass is 766 g/mol.